The SMILES string of the molecule is CC(C)=Cc1ccc(C#N)c(=S)[nH]1. The molecular weight excluding hydrogens is 180 g/mol. The van der Waals surface area contributed by atoms with Crippen LogP contribution in [0.3, 0.4) is 0 Å². The Morgan fingerprint density at radius 1 is 1.54 bits per heavy atom. The molecule has 0 aliphatic carbocycles. The molecule has 1 rings (SSSR count). The van der Waals surface area contributed by atoms with E-state index in [9.17, 15) is 0 Å². The van der Waals surface area contributed by atoms with E-state index in [-0.39, 0.29) is 0 Å². The van der Waals surface area contributed by atoms with Gasteiger partial charge in [0.15, 0.2) is 0 Å². The Balaban J connectivity index is 3.20. The van der Waals surface area contributed by atoms with Gasteiger partial charge in [-0.2, -0.15) is 5.26 Å². The predicted molar refractivity (Wildman–Crippen MR) is 55.7 cm³/mol. The Morgan fingerprint density at radius 3 is 2.69 bits per heavy atom. The van der Waals surface area contributed by atoms with Gasteiger partial charge in [-0.3, -0.25) is 0 Å². The number of hydrogen-bond donors (Lipinski definition) is 1. The van der Waals surface area contributed by atoms with Crippen molar-refractivity contribution in [1.29, 1.82) is 5.26 Å². The van der Waals surface area contributed by atoms with Gasteiger partial charge in [-0.05, 0) is 32.1 Å². The topological polar surface area (TPSA) is 39.6 Å². The number of rotatable bonds is 1. The summed E-state index contributed by atoms with van der Waals surface area (Å²) in [7, 11) is 0. The maximum absolute atomic E-state index is 8.64. The second kappa shape index (κ2) is 4.01. The summed E-state index contributed by atoms with van der Waals surface area (Å²) < 4.78 is 0.498. The Morgan fingerprint density at radius 2 is 2.23 bits per heavy atom. The van der Waals surface area contributed by atoms with Gasteiger partial charge in [0.05, 0.1) is 5.56 Å². The summed E-state index contributed by atoms with van der Waals surface area (Å²) in [6, 6.07) is 5.60. The minimum absolute atomic E-state index is 0.498. The van der Waals surface area contributed by atoms with Gasteiger partial charge in [0.1, 0.15) is 10.7 Å². The van der Waals surface area contributed by atoms with E-state index in [1.807, 2.05) is 32.1 Å². The van der Waals surface area contributed by atoms with Gasteiger partial charge >= 0.3 is 0 Å². The van der Waals surface area contributed by atoms with Gasteiger partial charge in [0.25, 0.3) is 0 Å². The van der Waals surface area contributed by atoms with E-state index in [4.69, 9.17) is 17.5 Å². The summed E-state index contributed by atoms with van der Waals surface area (Å²) in [5.41, 5.74) is 2.64. The van der Waals surface area contributed by atoms with Crippen LogP contribution in [-0.4, -0.2) is 4.98 Å². The van der Waals surface area contributed by atoms with Crippen LogP contribution in [0.4, 0.5) is 0 Å². The first-order valence-corrected chi connectivity index (χ1v) is 4.32. The first-order valence-electron chi connectivity index (χ1n) is 3.92. The zero-order valence-electron chi connectivity index (χ0n) is 7.59. The van der Waals surface area contributed by atoms with E-state index >= 15 is 0 Å². The number of aromatic amines is 1. The molecule has 0 saturated heterocycles. The van der Waals surface area contributed by atoms with E-state index in [1.54, 1.807) is 6.07 Å². The average Bonchev–Trinajstić information content (AvgIpc) is 2.03. The number of aromatic nitrogens is 1. The van der Waals surface area contributed by atoms with Crippen LogP contribution in [0.2, 0.25) is 0 Å². The fourth-order valence-corrected chi connectivity index (χ4v) is 1.20. The van der Waals surface area contributed by atoms with Crippen molar-refractivity contribution in [2.45, 2.75) is 13.8 Å². The lowest BCUT2D eigenvalue weighted by molar-refractivity contribution is 1.23. The number of nitriles is 1. The van der Waals surface area contributed by atoms with Crippen LogP contribution in [0.1, 0.15) is 25.1 Å². The molecule has 1 aromatic heterocycles. The van der Waals surface area contributed by atoms with Crippen LogP contribution in [0.25, 0.3) is 6.08 Å². The molecule has 1 heterocycles. The Labute approximate surface area is 82.5 Å². The first kappa shape index (κ1) is 9.69. The van der Waals surface area contributed by atoms with Gasteiger partial charge in [0.2, 0.25) is 0 Å². The van der Waals surface area contributed by atoms with Crippen molar-refractivity contribution in [2.75, 3.05) is 0 Å². The third kappa shape index (κ3) is 2.53. The molecular formula is C10H10N2S. The third-order valence-corrected chi connectivity index (χ3v) is 1.82. The third-order valence-electron chi connectivity index (χ3n) is 1.50. The Kier molecular flexibility index (Phi) is 2.99. The van der Waals surface area contributed by atoms with E-state index in [2.05, 4.69) is 4.98 Å². The molecule has 1 N–H and O–H groups in total. The molecule has 66 valence electrons. The smallest absolute Gasteiger partial charge is 0.121 e. The van der Waals surface area contributed by atoms with E-state index < -0.39 is 0 Å². The molecule has 0 unspecified atom stereocenters. The number of hydrogen-bond acceptors (Lipinski definition) is 2. The van der Waals surface area contributed by atoms with Crippen molar-refractivity contribution in [3.63, 3.8) is 0 Å². The molecule has 13 heavy (non-hydrogen) atoms. The van der Waals surface area contributed by atoms with Crippen LogP contribution in [-0.2, 0) is 0 Å². The van der Waals surface area contributed by atoms with Gasteiger partial charge in [-0.25, -0.2) is 0 Å². The number of H-pyrrole nitrogens is 1. The summed E-state index contributed by atoms with van der Waals surface area (Å²) in [5.74, 6) is 0. The van der Waals surface area contributed by atoms with Crippen LogP contribution < -0.4 is 0 Å². The second-order valence-corrected chi connectivity index (χ2v) is 3.40. The van der Waals surface area contributed by atoms with Crippen molar-refractivity contribution in [3.05, 3.63) is 33.6 Å². The highest BCUT2D eigenvalue weighted by molar-refractivity contribution is 7.71. The molecule has 0 radical (unpaired) electrons. The predicted octanol–water partition coefficient (Wildman–Crippen LogP) is 3.04. The molecule has 0 aliphatic heterocycles. The molecule has 0 atom stereocenters. The highest BCUT2D eigenvalue weighted by Gasteiger charge is 1.93. The zero-order valence-corrected chi connectivity index (χ0v) is 8.40. The molecule has 2 nitrogen and oxygen atoms in total. The lowest BCUT2D eigenvalue weighted by Crippen LogP contribution is -1.85. The fourth-order valence-electron chi connectivity index (χ4n) is 0.972. The lowest BCUT2D eigenvalue weighted by atomic mass is 10.2. The van der Waals surface area contributed by atoms with E-state index in [0.29, 0.717) is 10.2 Å². The summed E-state index contributed by atoms with van der Waals surface area (Å²) in [6.07, 6.45) is 1.98. The van der Waals surface area contributed by atoms with Crippen LogP contribution >= 0.6 is 12.2 Å². The van der Waals surface area contributed by atoms with Gasteiger partial charge in [-0.15, -0.1) is 0 Å². The number of allylic oxidation sites excluding steroid dienone is 1. The molecule has 0 fully saturated rings. The standard InChI is InChI=1S/C10H10N2S/c1-7(2)5-9-4-3-8(6-11)10(13)12-9/h3-5H,1-2H3,(H,12,13). The average molecular weight is 190 g/mol. The number of pyridine rings is 1. The largest absolute Gasteiger partial charge is 0.345 e. The van der Waals surface area contributed by atoms with Gasteiger partial charge in [0, 0.05) is 5.69 Å². The summed E-state index contributed by atoms with van der Waals surface area (Å²) in [6.45, 7) is 4.02. The number of nitrogens with zero attached hydrogens (tertiary/aromatic N) is 1. The summed E-state index contributed by atoms with van der Waals surface area (Å²) in [5, 5.41) is 8.64. The van der Waals surface area contributed by atoms with Crippen molar-refractivity contribution in [1.82, 2.24) is 4.98 Å². The fraction of sp³-hybridized carbons (Fsp3) is 0.200. The lowest BCUT2D eigenvalue weighted by Gasteiger charge is -1.96. The van der Waals surface area contributed by atoms with Crippen molar-refractivity contribution >= 4 is 18.3 Å². The first-order chi connectivity index (χ1) is 6.13. The minimum Gasteiger partial charge on any atom is -0.345 e. The molecule has 0 amide bonds. The summed E-state index contributed by atoms with van der Waals surface area (Å²) >= 11 is 4.98. The highest BCUT2D eigenvalue weighted by atomic mass is 32.1. The molecule has 0 saturated carbocycles. The van der Waals surface area contributed by atoms with E-state index in [1.165, 1.54) is 5.57 Å². The van der Waals surface area contributed by atoms with Crippen molar-refractivity contribution in [3.8, 4) is 6.07 Å². The molecule has 0 bridgehead atoms. The molecule has 0 aliphatic rings. The maximum Gasteiger partial charge on any atom is 0.121 e. The molecule has 0 spiro atoms. The zero-order chi connectivity index (χ0) is 9.84. The Bertz CT molecular complexity index is 431. The minimum atomic E-state index is 0.498. The molecule has 1 aromatic rings. The normalized spacial score (nSPS) is 9.00. The Hall–Kier alpha value is -1.40. The maximum atomic E-state index is 8.64. The summed E-state index contributed by atoms with van der Waals surface area (Å²) in [4.78, 5) is 2.97. The van der Waals surface area contributed by atoms with Gasteiger partial charge in [-0.1, -0.05) is 17.8 Å². The van der Waals surface area contributed by atoms with Crippen molar-refractivity contribution < 1.29 is 0 Å². The van der Waals surface area contributed by atoms with Crippen molar-refractivity contribution in [2.24, 2.45) is 0 Å². The van der Waals surface area contributed by atoms with Crippen LogP contribution in [0, 0.1) is 16.0 Å². The van der Waals surface area contributed by atoms with Crippen LogP contribution in [0.5, 0.6) is 0 Å². The van der Waals surface area contributed by atoms with Gasteiger partial charge < -0.3 is 4.98 Å². The second-order valence-electron chi connectivity index (χ2n) is 2.99. The highest BCUT2D eigenvalue weighted by Crippen LogP contribution is 2.05. The molecule has 3 heteroatoms. The van der Waals surface area contributed by atoms with Crippen LogP contribution in [0.15, 0.2) is 17.7 Å². The number of nitrogens with one attached hydrogen (secondary N) is 1. The monoisotopic (exact) mass is 190 g/mol. The molecule has 0 aromatic carbocycles. The quantitative estimate of drug-likeness (QED) is 0.691. The van der Waals surface area contributed by atoms with E-state index in [0.717, 1.165) is 5.69 Å².